The fourth-order valence-corrected chi connectivity index (χ4v) is 5.55. The lowest BCUT2D eigenvalue weighted by atomic mass is 10.1. The van der Waals surface area contributed by atoms with Gasteiger partial charge < -0.3 is 14.8 Å². The van der Waals surface area contributed by atoms with Crippen molar-refractivity contribution in [1.29, 1.82) is 0 Å². The third kappa shape index (κ3) is 4.54. The Balaban J connectivity index is 1.57. The van der Waals surface area contributed by atoms with Gasteiger partial charge in [-0.3, -0.25) is 14.4 Å². The standard InChI is InChI=1S/C23H25N3O7S/c1-15(27)16-3-6-18(7-4-16)26-22(28)14-19(23(26)29)24-17-5-8-20(32-2)21(13-17)34(30,31)25-9-11-33-12-10-25/h3-8,13,19,24H,9-12,14H2,1-2H3/t19-/m1/s1. The molecule has 34 heavy (non-hydrogen) atoms. The minimum atomic E-state index is -3.85. The third-order valence-electron chi connectivity index (χ3n) is 5.77. The third-order valence-corrected chi connectivity index (χ3v) is 7.69. The van der Waals surface area contributed by atoms with Gasteiger partial charge >= 0.3 is 0 Å². The van der Waals surface area contributed by atoms with Gasteiger partial charge in [0.2, 0.25) is 15.9 Å². The van der Waals surface area contributed by atoms with Crippen molar-refractivity contribution in [1.82, 2.24) is 4.31 Å². The number of hydrogen-bond donors (Lipinski definition) is 1. The van der Waals surface area contributed by atoms with E-state index in [1.165, 1.54) is 30.5 Å². The lowest BCUT2D eigenvalue weighted by molar-refractivity contribution is -0.121. The Hall–Kier alpha value is -3.28. The van der Waals surface area contributed by atoms with Crippen LogP contribution in [0.5, 0.6) is 5.75 Å². The summed E-state index contributed by atoms with van der Waals surface area (Å²) >= 11 is 0. The number of amides is 2. The Morgan fingerprint density at radius 2 is 1.76 bits per heavy atom. The fraction of sp³-hybridized carbons (Fsp3) is 0.348. The van der Waals surface area contributed by atoms with Crippen LogP contribution in [0.15, 0.2) is 47.4 Å². The molecule has 0 bridgehead atoms. The first-order valence-electron chi connectivity index (χ1n) is 10.7. The first kappa shape index (κ1) is 23.9. The van der Waals surface area contributed by atoms with Crippen LogP contribution >= 0.6 is 0 Å². The van der Waals surface area contributed by atoms with Gasteiger partial charge in [0.05, 0.1) is 32.4 Å². The number of carbonyl (C=O) groups excluding carboxylic acids is 3. The largest absolute Gasteiger partial charge is 0.495 e. The van der Waals surface area contributed by atoms with E-state index in [1.54, 1.807) is 30.3 Å². The van der Waals surface area contributed by atoms with Crippen molar-refractivity contribution < 1.29 is 32.3 Å². The number of Topliss-reactive ketones (excluding diaryl/α,β-unsaturated/α-hetero) is 1. The fourth-order valence-electron chi connectivity index (χ4n) is 3.96. The maximum Gasteiger partial charge on any atom is 0.256 e. The number of nitrogens with one attached hydrogen (secondary N) is 1. The highest BCUT2D eigenvalue weighted by Gasteiger charge is 2.40. The van der Waals surface area contributed by atoms with Gasteiger partial charge in [-0.25, -0.2) is 13.3 Å². The summed E-state index contributed by atoms with van der Waals surface area (Å²) in [5.74, 6) is -0.799. The molecule has 10 nitrogen and oxygen atoms in total. The van der Waals surface area contributed by atoms with E-state index in [0.717, 1.165) is 4.90 Å². The molecule has 0 unspecified atom stereocenters. The lowest BCUT2D eigenvalue weighted by Crippen LogP contribution is -2.40. The highest BCUT2D eigenvalue weighted by molar-refractivity contribution is 7.89. The van der Waals surface area contributed by atoms with Crippen LogP contribution in [-0.2, 0) is 24.3 Å². The minimum Gasteiger partial charge on any atom is -0.495 e. The maximum absolute atomic E-state index is 13.2. The van der Waals surface area contributed by atoms with E-state index < -0.39 is 27.9 Å². The van der Waals surface area contributed by atoms with Gasteiger partial charge in [0.25, 0.3) is 5.91 Å². The summed E-state index contributed by atoms with van der Waals surface area (Å²) in [7, 11) is -2.47. The smallest absolute Gasteiger partial charge is 0.256 e. The molecule has 2 fully saturated rings. The van der Waals surface area contributed by atoms with Crippen LogP contribution in [0.4, 0.5) is 11.4 Å². The molecule has 4 rings (SSSR count). The number of anilines is 2. The summed E-state index contributed by atoms with van der Waals surface area (Å²) in [4.78, 5) is 38.1. The average Bonchev–Trinajstić information content (AvgIpc) is 3.12. The van der Waals surface area contributed by atoms with Gasteiger partial charge in [0.1, 0.15) is 16.7 Å². The maximum atomic E-state index is 13.2. The molecule has 2 aliphatic rings. The minimum absolute atomic E-state index is 0.0321. The van der Waals surface area contributed by atoms with Crippen molar-refractivity contribution in [2.45, 2.75) is 24.3 Å². The van der Waals surface area contributed by atoms with Crippen LogP contribution in [0.2, 0.25) is 0 Å². The van der Waals surface area contributed by atoms with Gasteiger partial charge in [-0.05, 0) is 49.4 Å². The SMILES string of the molecule is COc1ccc(N[C@@H]2CC(=O)N(c3ccc(C(C)=O)cc3)C2=O)cc1S(=O)(=O)N1CCOCC1. The summed E-state index contributed by atoms with van der Waals surface area (Å²) in [5.41, 5.74) is 1.21. The number of morpholine rings is 1. The summed E-state index contributed by atoms with van der Waals surface area (Å²) in [6.45, 7) is 2.51. The number of imide groups is 1. The Bertz CT molecular complexity index is 1220. The van der Waals surface area contributed by atoms with Crippen LogP contribution in [-0.4, -0.2) is 69.8 Å². The summed E-state index contributed by atoms with van der Waals surface area (Å²) in [5, 5.41) is 2.99. The van der Waals surface area contributed by atoms with E-state index in [4.69, 9.17) is 9.47 Å². The van der Waals surface area contributed by atoms with Gasteiger partial charge in [0, 0.05) is 24.3 Å². The van der Waals surface area contributed by atoms with Gasteiger partial charge in [-0.2, -0.15) is 4.31 Å². The van der Waals surface area contributed by atoms with Gasteiger partial charge in [-0.15, -0.1) is 0 Å². The van der Waals surface area contributed by atoms with E-state index in [0.29, 0.717) is 30.2 Å². The first-order chi connectivity index (χ1) is 16.2. The van der Waals surface area contributed by atoms with Crippen LogP contribution in [0.1, 0.15) is 23.7 Å². The number of ether oxygens (including phenoxy) is 2. The van der Waals surface area contributed by atoms with Crippen molar-refractivity contribution in [3.8, 4) is 5.75 Å². The quantitative estimate of drug-likeness (QED) is 0.462. The molecule has 1 atom stereocenters. The van der Waals surface area contributed by atoms with Gasteiger partial charge in [-0.1, -0.05) is 0 Å². The zero-order chi connectivity index (χ0) is 24.5. The highest BCUT2D eigenvalue weighted by Crippen LogP contribution is 2.32. The zero-order valence-electron chi connectivity index (χ0n) is 18.8. The second-order valence-electron chi connectivity index (χ2n) is 7.95. The molecule has 0 spiro atoms. The van der Waals surface area contributed by atoms with Gasteiger partial charge in [0.15, 0.2) is 5.78 Å². The molecule has 1 N–H and O–H groups in total. The van der Waals surface area contributed by atoms with E-state index in [2.05, 4.69) is 5.32 Å². The molecule has 2 heterocycles. The Kier molecular flexibility index (Phi) is 6.69. The van der Waals surface area contributed by atoms with Crippen molar-refractivity contribution in [2.75, 3.05) is 43.6 Å². The van der Waals surface area contributed by atoms with Crippen LogP contribution in [0.25, 0.3) is 0 Å². The predicted octanol–water partition coefficient (Wildman–Crippen LogP) is 1.66. The second kappa shape index (κ2) is 9.53. The Labute approximate surface area is 197 Å². The van der Waals surface area contributed by atoms with E-state index in [9.17, 15) is 22.8 Å². The van der Waals surface area contributed by atoms with Crippen molar-refractivity contribution in [3.63, 3.8) is 0 Å². The summed E-state index contributed by atoms with van der Waals surface area (Å²) < 4.78 is 38.2. The molecule has 2 aliphatic heterocycles. The van der Waals surface area contributed by atoms with Crippen molar-refractivity contribution in [2.24, 2.45) is 0 Å². The molecular formula is C23H25N3O7S. The second-order valence-corrected chi connectivity index (χ2v) is 9.86. The lowest BCUT2D eigenvalue weighted by Gasteiger charge is -2.27. The number of rotatable bonds is 7. The van der Waals surface area contributed by atoms with Crippen LogP contribution < -0.4 is 15.0 Å². The molecule has 2 aromatic rings. The van der Waals surface area contributed by atoms with E-state index in [1.807, 2.05) is 0 Å². The highest BCUT2D eigenvalue weighted by atomic mass is 32.2. The zero-order valence-corrected chi connectivity index (χ0v) is 19.6. The van der Waals surface area contributed by atoms with E-state index in [-0.39, 0.29) is 35.9 Å². The molecule has 180 valence electrons. The van der Waals surface area contributed by atoms with Crippen molar-refractivity contribution in [3.05, 3.63) is 48.0 Å². The molecule has 2 aromatic carbocycles. The molecule has 0 aromatic heterocycles. The Morgan fingerprint density at radius 3 is 2.38 bits per heavy atom. The number of nitrogens with zero attached hydrogens (tertiary/aromatic N) is 2. The number of sulfonamides is 1. The topological polar surface area (TPSA) is 122 Å². The molecule has 2 amide bonds. The normalized spacial score (nSPS) is 19.4. The number of methoxy groups -OCH3 is 1. The Morgan fingerprint density at radius 1 is 1.09 bits per heavy atom. The van der Waals surface area contributed by atoms with Crippen LogP contribution in [0, 0.1) is 0 Å². The first-order valence-corrected chi connectivity index (χ1v) is 12.2. The monoisotopic (exact) mass is 487 g/mol. The van der Waals surface area contributed by atoms with Crippen molar-refractivity contribution >= 4 is 39.0 Å². The summed E-state index contributed by atoms with van der Waals surface area (Å²) in [6, 6.07) is 9.87. The predicted molar refractivity (Wildman–Crippen MR) is 124 cm³/mol. The molecule has 11 heteroatoms. The number of carbonyl (C=O) groups is 3. The average molecular weight is 488 g/mol. The molecule has 2 saturated heterocycles. The molecular weight excluding hydrogens is 462 g/mol. The molecule has 0 saturated carbocycles. The molecule has 0 aliphatic carbocycles. The number of benzene rings is 2. The number of hydrogen-bond acceptors (Lipinski definition) is 8. The summed E-state index contributed by atoms with van der Waals surface area (Å²) in [6.07, 6.45) is -0.0924. The van der Waals surface area contributed by atoms with Crippen LogP contribution in [0.3, 0.4) is 0 Å². The number of ketones is 1. The molecule has 0 radical (unpaired) electrons. The van der Waals surface area contributed by atoms with E-state index >= 15 is 0 Å².